The first-order chi connectivity index (χ1) is 12.1. The fourth-order valence-electron chi connectivity index (χ4n) is 2.85. The number of nitro benzene ring substituents is 1. The van der Waals surface area contributed by atoms with Gasteiger partial charge >= 0.3 is 5.69 Å². The lowest BCUT2D eigenvalue weighted by molar-refractivity contribution is -0.385. The van der Waals surface area contributed by atoms with Crippen molar-refractivity contribution in [3.8, 4) is 5.75 Å². The minimum absolute atomic E-state index is 0.130. The molecule has 0 bridgehead atoms. The monoisotopic (exact) mass is 342 g/mol. The van der Waals surface area contributed by atoms with Crippen LogP contribution < -0.4 is 4.74 Å². The van der Waals surface area contributed by atoms with Crippen molar-refractivity contribution >= 4 is 11.6 Å². The number of carbonyl (C=O) groups excluding carboxylic acids is 1. The zero-order chi connectivity index (χ0) is 17.8. The number of benzene rings is 2. The number of amides is 1. The summed E-state index contributed by atoms with van der Waals surface area (Å²) in [6.07, 6.45) is -0.202. The van der Waals surface area contributed by atoms with E-state index in [-0.39, 0.29) is 29.0 Å². The molecule has 3 rings (SSSR count). The van der Waals surface area contributed by atoms with Crippen molar-refractivity contribution in [3.05, 3.63) is 69.8 Å². The van der Waals surface area contributed by atoms with E-state index in [2.05, 4.69) is 0 Å². The molecule has 7 nitrogen and oxygen atoms in total. The van der Waals surface area contributed by atoms with Crippen LogP contribution in [0.1, 0.15) is 22.0 Å². The second kappa shape index (κ2) is 7.31. The standard InChI is InChI=1S/C18H18N2O5/c1-24-16-8-7-14(11-15(16)20(22)23)18(21)19-9-10-25-17(12-19)13-5-3-2-4-6-13/h2-8,11,17H,9-10,12H2,1H3/t17-/m1/s1. The Bertz CT molecular complexity index is 778. The number of nitrogens with zero attached hydrogens (tertiary/aromatic N) is 2. The van der Waals surface area contributed by atoms with Crippen LogP contribution in [-0.2, 0) is 4.74 Å². The molecule has 0 spiro atoms. The SMILES string of the molecule is COc1ccc(C(=O)N2CCO[C@@H](c3ccccc3)C2)cc1[N+](=O)[O-]. The Balaban J connectivity index is 1.81. The summed E-state index contributed by atoms with van der Waals surface area (Å²) in [5.41, 5.74) is 1.04. The number of hydrogen-bond donors (Lipinski definition) is 0. The van der Waals surface area contributed by atoms with E-state index in [4.69, 9.17) is 9.47 Å². The Morgan fingerprint density at radius 3 is 2.72 bits per heavy atom. The van der Waals surface area contributed by atoms with Crippen LogP contribution in [0.3, 0.4) is 0 Å². The van der Waals surface area contributed by atoms with Crippen LogP contribution in [0.2, 0.25) is 0 Å². The highest BCUT2D eigenvalue weighted by Crippen LogP contribution is 2.29. The topological polar surface area (TPSA) is 81.9 Å². The highest BCUT2D eigenvalue weighted by molar-refractivity contribution is 5.95. The number of methoxy groups -OCH3 is 1. The van der Waals surface area contributed by atoms with E-state index >= 15 is 0 Å². The van der Waals surface area contributed by atoms with Gasteiger partial charge in [-0.2, -0.15) is 0 Å². The van der Waals surface area contributed by atoms with Gasteiger partial charge in [0.2, 0.25) is 0 Å². The smallest absolute Gasteiger partial charge is 0.311 e. The summed E-state index contributed by atoms with van der Waals surface area (Å²) in [7, 11) is 1.36. The molecule has 1 aliphatic rings. The zero-order valence-electron chi connectivity index (χ0n) is 13.8. The first kappa shape index (κ1) is 16.9. The Morgan fingerprint density at radius 2 is 2.04 bits per heavy atom. The van der Waals surface area contributed by atoms with Crippen molar-refractivity contribution in [3.63, 3.8) is 0 Å². The fraction of sp³-hybridized carbons (Fsp3) is 0.278. The van der Waals surface area contributed by atoms with Gasteiger partial charge in [0.1, 0.15) is 6.10 Å². The molecule has 1 aliphatic heterocycles. The normalized spacial score (nSPS) is 17.2. The van der Waals surface area contributed by atoms with Gasteiger partial charge in [-0.3, -0.25) is 14.9 Å². The molecule has 7 heteroatoms. The highest BCUT2D eigenvalue weighted by atomic mass is 16.6. The Morgan fingerprint density at radius 1 is 1.28 bits per heavy atom. The molecule has 2 aromatic rings. The predicted molar refractivity (Wildman–Crippen MR) is 90.7 cm³/mol. The van der Waals surface area contributed by atoms with Crippen molar-refractivity contribution in [1.29, 1.82) is 0 Å². The number of hydrogen-bond acceptors (Lipinski definition) is 5. The Kier molecular flexibility index (Phi) is 4.95. The molecular weight excluding hydrogens is 324 g/mol. The molecule has 1 atom stereocenters. The summed E-state index contributed by atoms with van der Waals surface area (Å²) < 4.78 is 10.7. The van der Waals surface area contributed by atoms with Gasteiger partial charge < -0.3 is 14.4 Å². The summed E-state index contributed by atoms with van der Waals surface area (Å²) in [5, 5.41) is 11.1. The second-order valence-electron chi connectivity index (χ2n) is 5.67. The summed E-state index contributed by atoms with van der Waals surface area (Å²) in [6, 6.07) is 13.9. The van der Waals surface area contributed by atoms with Crippen LogP contribution >= 0.6 is 0 Å². The van der Waals surface area contributed by atoms with Crippen molar-refractivity contribution in [2.75, 3.05) is 26.8 Å². The molecule has 0 aliphatic carbocycles. The molecular formula is C18H18N2O5. The number of nitro groups is 1. The summed E-state index contributed by atoms with van der Waals surface area (Å²) in [5.74, 6) is -0.124. The van der Waals surface area contributed by atoms with Crippen LogP contribution in [0.4, 0.5) is 5.69 Å². The molecule has 2 aromatic carbocycles. The van der Waals surface area contributed by atoms with E-state index in [0.717, 1.165) is 5.56 Å². The van der Waals surface area contributed by atoms with Gasteiger partial charge in [-0.15, -0.1) is 0 Å². The third kappa shape index (κ3) is 3.61. The molecule has 130 valence electrons. The summed E-state index contributed by atoms with van der Waals surface area (Å²) in [4.78, 5) is 25.0. The maximum Gasteiger partial charge on any atom is 0.311 e. The molecule has 1 amide bonds. The number of rotatable bonds is 4. The molecule has 25 heavy (non-hydrogen) atoms. The minimum Gasteiger partial charge on any atom is -0.490 e. The van der Waals surface area contributed by atoms with Crippen LogP contribution in [0, 0.1) is 10.1 Å². The first-order valence-electron chi connectivity index (χ1n) is 7.88. The summed E-state index contributed by atoms with van der Waals surface area (Å²) >= 11 is 0. The van der Waals surface area contributed by atoms with E-state index in [1.165, 1.54) is 19.2 Å². The van der Waals surface area contributed by atoms with Crippen LogP contribution in [0.25, 0.3) is 0 Å². The second-order valence-corrected chi connectivity index (χ2v) is 5.67. The number of morpholine rings is 1. The third-order valence-corrected chi connectivity index (χ3v) is 4.15. The van der Waals surface area contributed by atoms with Gasteiger partial charge in [0.05, 0.1) is 25.2 Å². The average Bonchev–Trinajstić information content (AvgIpc) is 2.67. The van der Waals surface area contributed by atoms with Crippen molar-refractivity contribution in [2.45, 2.75) is 6.10 Å². The third-order valence-electron chi connectivity index (χ3n) is 4.15. The van der Waals surface area contributed by atoms with Gasteiger partial charge in [0.25, 0.3) is 5.91 Å². The van der Waals surface area contributed by atoms with E-state index < -0.39 is 4.92 Å². The largest absolute Gasteiger partial charge is 0.490 e. The quantitative estimate of drug-likeness (QED) is 0.630. The highest BCUT2D eigenvalue weighted by Gasteiger charge is 2.27. The maximum atomic E-state index is 12.8. The van der Waals surface area contributed by atoms with Crippen molar-refractivity contribution < 1.29 is 19.2 Å². The molecule has 1 saturated heterocycles. The fourth-order valence-corrected chi connectivity index (χ4v) is 2.85. The van der Waals surface area contributed by atoms with E-state index in [1.807, 2.05) is 30.3 Å². The van der Waals surface area contributed by atoms with Crippen molar-refractivity contribution in [2.24, 2.45) is 0 Å². The maximum absolute atomic E-state index is 12.8. The van der Waals surface area contributed by atoms with E-state index in [1.54, 1.807) is 11.0 Å². The van der Waals surface area contributed by atoms with Gasteiger partial charge in [0.15, 0.2) is 5.75 Å². The Hall–Kier alpha value is -2.93. The molecule has 0 unspecified atom stereocenters. The first-order valence-corrected chi connectivity index (χ1v) is 7.88. The van der Waals surface area contributed by atoms with E-state index in [9.17, 15) is 14.9 Å². The lowest BCUT2D eigenvalue weighted by Crippen LogP contribution is -2.42. The summed E-state index contributed by atoms with van der Waals surface area (Å²) in [6.45, 7) is 1.27. The van der Waals surface area contributed by atoms with Gasteiger partial charge in [0, 0.05) is 18.2 Å². The molecule has 0 aromatic heterocycles. The zero-order valence-corrected chi connectivity index (χ0v) is 13.8. The van der Waals surface area contributed by atoms with Crippen LogP contribution in [0.15, 0.2) is 48.5 Å². The van der Waals surface area contributed by atoms with Gasteiger partial charge in [-0.25, -0.2) is 0 Å². The molecule has 0 radical (unpaired) electrons. The molecule has 0 N–H and O–H groups in total. The lowest BCUT2D eigenvalue weighted by Gasteiger charge is -2.33. The lowest BCUT2D eigenvalue weighted by atomic mass is 10.1. The molecule has 1 fully saturated rings. The molecule has 1 heterocycles. The average molecular weight is 342 g/mol. The van der Waals surface area contributed by atoms with Gasteiger partial charge in [-0.1, -0.05) is 30.3 Å². The van der Waals surface area contributed by atoms with Crippen LogP contribution in [0.5, 0.6) is 5.75 Å². The molecule has 0 saturated carbocycles. The number of ether oxygens (including phenoxy) is 2. The van der Waals surface area contributed by atoms with E-state index in [0.29, 0.717) is 19.7 Å². The predicted octanol–water partition coefficient (Wildman–Crippen LogP) is 2.82. The number of carbonyl (C=O) groups is 1. The van der Waals surface area contributed by atoms with Crippen molar-refractivity contribution in [1.82, 2.24) is 4.90 Å². The minimum atomic E-state index is -0.554. The van der Waals surface area contributed by atoms with Gasteiger partial charge in [-0.05, 0) is 17.7 Å². The Labute approximate surface area is 144 Å². The van der Waals surface area contributed by atoms with Crippen LogP contribution in [-0.4, -0.2) is 42.5 Å².